The first-order valence-electron chi connectivity index (χ1n) is 7.55. The van der Waals surface area contributed by atoms with E-state index in [1.165, 1.54) is 41.9 Å². The fraction of sp³-hybridized carbons (Fsp3) is 0.750. The zero-order valence-electron chi connectivity index (χ0n) is 12.0. The van der Waals surface area contributed by atoms with Crippen molar-refractivity contribution in [2.45, 2.75) is 71.4 Å². The standard InChI is InChI=1S/C16H27NS/c1-4-14-10-11-16(18-14)13(3)17-15-9-7-5-6-8-12(15)2/h10-13,15,17H,4-9H2,1-3H3. The normalized spacial score (nSPS) is 26.8. The monoisotopic (exact) mass is 265 g/mol. The van der Waals surface area contributed by atoms with Gasteiger partial charge in [0.2, 0.25) is 0 Å². The van der Waals surface area contributed by atoms with Crippen LogP contribution in [0, 0.1) is 5.92 Å². The number of hydrogen-bond acceptors (Lipinski definition) is 2. The van der Waals surface area contributed by atoms with Crippen molar-refractivity contribution in [3.63, 3.8) is 0 Å². The van der Waals surface area contributed by atoms with Gasteiger partial charge in [0.05, 0.1) is 0 Å². The van der Waals surface area contributed by atoms with E-state index in [1.54, 1.807) is 0 Å². The molecule has 0 aromatic carbocycles. The summed E-state index contributed by atoms with van der Waals surface area (Å²) in [6, 6.07) is 5.83. The first-order valence-corrected chi connectivity index (χ1v) is 8.37. The van der Waals surface area contributed by atoms with Gasteiger partial charge >= 0.3 is 0 Å². The molecule has 0 radical (unpaired) electrons. The molecular weight excluding hydrogens is 238 g/mol. The predicted molar refractivity (Wildman–Crippen MR) is 81.3 cm³/mol. The van der Waals surface area contributed by atoms with Crippen molar-refractivity contribution >= 4 is 11.3 Å². The van der Waals surface area contributed by atoms with Crippen molar-refractivity contribution in [3.8, 4) is 0 Å². The lowest BCUT2D eigenvalue weighted by molar-refractivity contribution is 0.332. The Hall–Kier alpha value is -0.340. The van der Waals surface area contributed by atoms with Crippen LogP contribution in [0.5, 0.6) is 0 Å². The molecule has 1 saturated carbocycles. The molecule has 0 aliphatic heterocycles. The summed E-state index contributed by atoms with van der Waals surface area (Å²) < 4.78 is 0. The van der Waals surface area contributed by atoms with Crippen LogP contribution >= 0.6 is 11.3 Å². The molecule has 2 rings (SSSR count). The summed E-state index contributed by atoms with van der Waals surface area (Å²) >= 11 is 1.97. The maximum atomic E-state index is 3.87. The van der Waals surface area contributed by atoms with E-state index in [4.69, 9.17) is 0 Å². The minimum atomic E-state index is 0.515. The molecule has 2 heteroatoms. The van der Waals surface area contributed by atoms with E-state index in [0.29, 0.717) is 6.04 Å². The number of thiophene rings is 1. The maximum Gasteiger partial charge on any atom is 0.0388 e. The van der Waals surface area contributed by atoms with Crippen LogP contribution < -0.4 is 5.32 Å². The van der Waals surface area contributed by atoms with E-state index in [1.807, 2.05) is 11.3 Å². The summed E-state index contributed by atoms with van der Waals surface area (Å²) in [6.45, 7) is 6.98. The quantitative estimate of drug-likeness (QED) is 0.761. The van der Waals surface area contributed by atoms with Gasteiger partial charge in [-0.3, -0.25) is 0 Å². The highest BCUT2D eigenvalue weighted by Gasteiger charge is 2.22. The van der Waals surface area contributed by atoms with Gasteiger partial charge in [0.25, 0.3) is 0 Å². The van der Waals surface area contributed by atoms with Crippen molar-refractivity contribution in [1.82, 2.24) is 5.32 Å². The van der Waals surface area contributed by atoms with Crippen molar-refractivity contribution in [3.05, 3.63) is 21.9 Å². The second-order valence-corrected chi connectivity index (χ2v) is 6.97. The molecule has 3 unspecified atom stereocenters. The van der Waals surface area contributed by atoms with Gasteiger partial charge in [0.15, 0.2) is 0 Å². The molecule has 0 spiro atoms. The minimum absolute atomic E-state index is 0.515. The van der Waals surface area contributed by atoms with Crippen LogP contribution in [-0.4, -0.2) is 6.04 Å². The van der Waals surface area contributed by atoms with Crippen LogP contribution in [0.3, 0.4) is 0 Å². The van der Waals surface area contributed by atoms with E-state index in [-0.39, 0.29) is 0 Å². The molecule has 1 heterocycles. The molecule has 3 atom stereocenters. The molecule has 1 N–H and O–H groups in total. The summed E-state index contributed by atoms with van der Waals surface area (Å²) in [5, 5.41) is 3.87. The molecule has 0 amide bonds. The lowest BCUT2D eigenvalue weighted by atomic mass is 9.96. The Kier molecular flexibility index (Phi) is 5.25. The molecule has 1 aliphatic rings. The van der Waals surface area contributed by atoms with E-state index in [9.17, 15) is 0 Å². The van der Waals surface area contributed by atoms with Crippen molar-refractivity contribution in [2.24, 2.45) is 5.92 Å². The van der Waals surface area contributed by atoms with Crippen LogP contribution in [-0.2, 0) is 6.42 Å². The van der Waals surface area contributed by atoms with Crippen LogP contribution in [0.25, 0.3) is 0 Å². The van der Waals surface area contributed by atoms with Crippen LogP contribution in [0.4, 0.5) is 0 Å². The van der Waals surface area contributed by atoms with Gasteiger partial charge in [0.1, 0.15) is 0 Å². The van der Waals surface area contributed by atoms with Crippen LogP contribution in [0.2, 0.25) is 0 Å². The summed E-state index contributed by atoms with van der Waals surface area (Å²) in [4.78, 5) is 3.01. The molecule has 1 nitrogen and oxygen atoms in total. The Balaban J connectivity index is 1.94. The number of hydrogen-bond donors (Lipinski definition) is 1. The first kappa shape index (κ1) is 14.1. The highest BCUT2D eigenvalue weighted by atomic mass is 32.1. The van der Waals surface area contributed by atoms with Gasteiger partial charge < -0.3 is 5.32 Å². The first-order chi connectivity index (χ1) is 8.70. The molecule has 1 aromatic heterocycles. The summed E-state index contributed by atoms with van der Waals surface area (Å²) in [7, 11) is 0. The topological polar surface area (TPSA) is 12.0 Å². The largest absolute Gasteiger partial charge is 0.306 e. The molecule has 0 bridgehead atoms. The van der Waals surface area contributed by atoms with Gasteiger partial charge in [-0.25, -0.2) is 0 Å². The van der Waals surface area contributed by atoms with Crippen molar-refractivity contribution in [1.29, 1.82) is 0 Å². The average molecular weight is 265 g/mol. The highest BCUT2D eigenvalue weighted by molar-refractivity contribution is 7.12. The summed E-state index contributed by atoms with van der Waals surface area (Å²) in [6.07, 6.45) is 8.17. The lowest BCUT2D eigenvalue weighted by Gasteiger charge is -2.26. The van der Waals surface area contributed by atoms with Crippen LogP contribution in [0.1, 0.15) is 68.7 Å². The zero-order valence-corrected chi connectivity index (χ0v) is 12.9. The fourth-order valence-electron chi connectivity index (χ4n) is 2.96. The predicted octanol–water partition coefficient (Wildman–Crippen LogP) is 4.93. The number of aryl methyl sites for hydroxylation is 1. The Morgan fingerprint density at radius 2 is 2.06 bits per heavy atom. The molecule has 1 aliphatic carbocycles. The Bertz CT molecular complexity index is 358. The van der Waals surface area contributed by atoms with Gasteiger partial charge in [-0.2, -0.15) is 0 Å². The molecular formula is C16H27NS. The third kappa shape index (κ3) is 3.58. The van der Waals surface area contributed by atoms with Crippen molar-refractivity contribution < 1.29 is 0 Å². The summed E-state index contributed by atoms with van der Waals surface area (Å²) in [5.74, 6) is 0.834. The minimum Gasteiger partial charge on any atom is -0.306 e. The molecule has 18 heavy (non-hydrogen) atoms. The Labute approximate surface area is 116 Å². The van der Waals surface area contributed by atoms with Gasteiger partial charge in [-0.15, -0.1) is 11.3 Å². The summed E-state index contributed by atoms with van der Waals surface area (Å²) in [5.41, 5.74) is 0. The zero-order chi connectivity index (χ0) is 13.0. The Morgan fingerprint density at radius 3 is 2.78 bits per heavy atom. The third-order valence-corrected chi connectivity index (χ3v) is 5.70. The highest BCUT2D eigenvalue weighted by Crippen LogP contribution is 2.28. The van der Waals surface area contributed by atoms with E-state index < -0.39 is 0 Å². The lowest BCUT2D eigenvalue weighted by Crippen LogP contribution is -2.35. The maximum absolute atomic E-state index is 3.87. The van der Waals surface area contributed by atoms with E-state index >= 15 is 0 Å². The van der Waals surface area contributed by atoms with Gasteiger partial charge in [-0.05, 0) is 44.2 Å². The fourth-order valence-corrected chi connectivity index (χ4v) is 3.93. The molecule has 0 saturated heterocycles. The van der Waals surface area contributed by atoms with Gasteiger partial charge in [-0.1, -0.05) is 33.1 Å². The second-order valence-electron chi connectivity index (χ2n) is 5.77. The average Bonchev–Trinajstić information content (AvgIpc) is 2.77. The molecule has 1 fully saturated rings. The van der Waals surface area contributed by atoms with E-state index in [2.05, 4.69) is 38.2 Å². The number of nitrogens with one attached hydrogen (secondary N) is 1. The SMILES string of the molecule is CCc1ccc(C(C)NC2CCCCCC2C)s1. The Morgan fingerprint density at radius 1 is 1.28 bits per heavy atom. The van der Waals surface area contributed by atoms with E-state index in [0.717, 1.165) is 18.4 Å². The molecule has 1 aromatic rings. The number of rotatable bonds is 4. The van der Waals surface area contributed by atoms with Gasteiger partial charge in [0, 0.05) is 21.8 Å². The smallest absolute Gasteiger partial charge is 0.0388 e. The third-order valence-electron chi connectivity index (χ3n) is 4.28. The van der Waals surface area contributed by atoms with Crippen LogP contribution in [0.15, 0.2) is 12.1 Å². The van der Waals surface area contributed by atoms with Crippen molar-refractivity contribution in [2.75, 3.05) is 0 Å². The second kappa shape index (κ2) is 6.72. The molecule has 102 valence electrons.